The van der Waals surface area contributed by atoms with Gasteiger partial charge in [-0.25, -0.2) is 4.98 Å². The van der Waals surface area contributed by atoms with Crippen LogP contribution >= 0.6 is 39.1 Å². The van der Waals surface area contributed by atoms with Crippen molar-refractivity contribution in [2.45, 2.75) is 26.4 Å². The summed E-state index contributed by atoms with van der Waals surface area (Å²) in [6.07, 6.45) is 3.09. The maximum absolute atomic E-state index is 13.2. The zero-order valence-electron chi connectivity index (χ0n) is 17.8. The molecule has 0 spiro atoms. The number of benzene rings is 3. The summed E-state index contributed by atoms with van der Waals surface area (Å²) in [6, 6.07) is 18.3. The minimum atomic E-state index is -0.213. The van der Waals surface area contributed by atoms with E-state index in [4.69, 9.17) is 27.9 Å². The van der Waals surface area contributed by atoms with Crippen molar-refractivity contribution in [3.8, 4) is 5.75 Å². The van der Waals surface area contributed by atoms with E-state index in [0.717, 1.165) is 22.0 Å². The number of hydrogen-bond donors (Lipinski definition) is 0. The summed E-state index contributed by atoms with van der Waals surface area (Å²) >= 11 is 15.5. The minimum Gasteiger partial charge on any atom is -0.488 e. The van der Waals surface area contributed by atoms with E-state index >= 15 is 0 Å². The number of aromatic nitrogens is 2. The van der Waals surface area contributed by atoms with Crippen LogP contribution in [0.1, 0.15) is 30.3 Å². The fraction of sp³-hybridized carbons (Fsp3) is 0.160. The monoisotopic (exact) mass is 543 g/mol. The van der Waals surface area contributed by atoms with Crippen LogP contribution in [0.3, 0.4) is 0 Å². The van der Waals surface area contributed by atoms with Gasteiger partial charge in [0.1, 0.15) is 18.2 Å². The number of hydrogen-bond acceptors (Lipinski definition) is 4. The molecule has 0 saturated carbocycles. The van der Waals surface area contributed by atoms with Crippen LogP contribution in [-0.4, -0.2) is 15.9 Å². The number of nitrogens with zero attached hydrogens (tertiary/aromatic N) is 3. The molecule has 0 aliphatic rings. The molecule has 1 aromatic heterocycles. The molecule has 168 valence electrons. The van der Waals surface area contributed by atoms with Crippen molar-refractivity contribution in [1.82, 2.24) is 9.66 Å². The van der Waals surface area contributed by atoms with Gasteiger partial charge in [0.05, 0.1) is 27.2 Å². The highest BCUT2D eigenvalue weighted by atomic mass is 79.9. The highest BCUT2D eigenvalue weighted by Crippen LogP contribution is 2.24. The van der Waals surface area contributed by atoms with E-state index in [1.165, 1.54) is 4.68 Å². The molecule has 4 rings (SSSR count). The fourth-order valence-corrected chi connectivity index (χ4v) is 4.01. The van der Waals surface area contributed by atoms with Gasteiger partial charge < -0.3 is 4.74 Å². The Morgan fingerprint density at radius 1 is 1.09 bits per heavy atom. The lowest BCUT2D eigenvalue weighted by atomic mass is 10.2. The molecule has 3 aromatic carbocycles. The predicted molar refractivity (Wildman–Crippen MR) is 138 cm³/mol. The number of ether oxygens (including phenoxy) is 1. The van der Waals surface area contributed by atoms with Crippen molar-refractivity contribution in [1.29, 1.82) is 0 Å². The van der Waals surface area contributed by atoms with Crippen LogP contribution in [0.15, 0.2) is 75.0 Å². The molecule has 1 heterocycles. The van der Waals surface area contributed by atoms with Gasteiger partial charge >= 0.3 is 0 Å². The number of fused-ring (bicyclic) bond motifs is 1. The molecule has 33 heavy (non-hydrogen) atoms. The summed E-state index contributed by atoms with van der Waals surface area (Å²) in [6.45, 7) is 2.35. The first-order valence-electron chi connectivity index (χ1n) is 10.4. The van der Waals surface area contributed by atoms with Gasteiger partial charge in [-0.1, -0.05) is 64.3 Å². The van der Waals surface area contributed by atoms with Gasteiger partial charge in [-0.15, -0.1) is 0 Å². The fourth-order valence-electron chi connectivity index (χ4n) is 3.33. The highest BCUT2D eigenvalue weighted by molar-refractivity contribution is 9.10. The molecule has 4 aromatic rings. The van der Waals surface area contributed by atoms with E-state index in [0.29, 0.717) is 45.5 Å². The van der Waals surface area contributed by atoms with Crippen LogP contribution in [0.4, 0.5) is 0 Å². The van der Waals surface area contributed by atoms with Crippen molar-refractivity contribution >= 4 is 56.2 Å². The first kappa shape index (κ1) is 23.5. The predicted octanol–water partition coefficient (Wildman–Crippen LogP) is 6.88. The Labute approximate surface area is 209 Å². The summed E-state index contributed by atoms with van der Waals surface area (Å²) in [4.78, 5) is 17.9. The van der Waals surface area contributed by atoms with Crippen molar-refractivity contribution in [3.63, 3.8) is 0 Å². The van der Waals surface area contributed by atoms with Crippen LogP contribution < -0.4 is 10.3 Å². The van der Waals surface area contributed by atoms with Gasteiger partial charge in [0, 0.05) is 16.5 Å². The van der Waals surface area contributed by atoms with Crippen LogP contribution in [0.25, 0.3) is 10.9 Å². The van der Waals surface area contributed by atoms with Crippen molar-refractivity contribution in [2.75, 3.05) is 0 Å². The smallest absolute Gasteiger partial charge is 0.282 e. The summed E-state index contributed by atoms with van der Waals surface area (Å²) in [7, 11) is 0. The molecule has 0 atom stereocenters. The van der Waals surface area contributed by atoms with Crippen LogP contribution in [-0.2, 0) is 13.0 Å². The molecular formula is C25H20BrCl2N3O2. The molecule has 0 bridgehead atoms. The second kappa shape index (κ2) is 10.5. The topological polar surface area (TPSA) is 56.5 Å². The summed E-state index contributed by atoms with van der Waals surface area (Å²) in [5.41, 5.74) is 2.07. The Bertz CT molecular complexity index is 1400. The Hall–Kier alpha value is -2.67. The molecule has 0 aliphatic carbocycles. The van der Waals surface area contributed by atoms with E-state index < -0.39 is 0 Å². The Kier molecular flexibility index (Phi) is 7.48. The third-order valence-electron chi connectivity index (χ3n) is 4.96. The Morgan fingerprint density at radius 2 is 1.91 bits per heavy atom. The number of halogens is 3. The number of para-hydroxylation sites is 1. The van der Waals surface area contributed by atoms with Crippen LogP contribution in [0, 0.1) is 0 Å². The van der Waals surface area contributed by atoms with E-state index in [1.807, 2.05) is 49.4 Å². The second-order valence-electron chi connectivity index (χ2n) is 7.38. The third-order valence-corrected chi connectivity index (χ3v) is 6.19. The molecule has 5 nitrogen and oxygen atoms in total. The maximum Gasteiger partial charge on any atom is 0.282 e. The number of aryl methyl sites for hydroxylation is 1. The molecule has 8 heteroatoms. The zero-order valence-corrected chi connectivity index (χ0v) is 20.9. The normalized spacial score (nSPS) is 11.4. The van der Waals surface area contributed by atoms with Crippen molar-refractivity contribution in [2.24, 2.45) is 5.10 Å². The molecule has 0 unspecified atom stereocenters. The highest BCUT2D eigenvalue weighted by Gasteiger charge is 2.11. The molecule has 0 aliphatic heterocycles. The average Bonchev–Trinajstić information content (AvgIpc) is 2.81. The molecule has 0 N–H and O–H groups in total. The second-order valence-corrected chi connectivity index (χ2v) is 9.11. The molecular weight excluding hydrogens is 525 g/mol. The van der Waals surface area contributed by atoms with Gasteiger partial charge in [-0.3, -0.25) is 4.79 Å². The molecule has 0 radical (unpaired) electrons. The van der Waals surface area contributed by atoms with Crippen molar-refractivity contribution < 1.29 is 4.74 Å². The van der Waals surface area contributed by atoms with Crippen LogP contribution in [0.5, 0.6) is 5.75 Å². The lowest BCUT2D eigenvalue weighted by Gasteiger charge is -2.11. The molecule has 0 amide bonds. The maximum atomic E-state index is 13.2. The largest absolute Gasteiger partial charge is 0.488 e. The molecule has 0 saturated heterocycles. The van der Waals surface area contributed by atoms with E-state index in [-0.39, 0.29) is 5.56 Å². The van der Waals surface area contributed by atoms with Gasteiger partial charge in [0.15, 0.2) is 0 Å². The summed E-state index contributed by atoms with van der Waals surface area (Å²) in [5.74, 6) is 1.25. The lowest BCUT2D eigenvalue weighted by molar-refractivity contribution is 0.306. The van der Waals surface area contributed by atoms with Crippen molar-refractivity contribution in [3.05, 3.63) is 102 Å². The minimum absolute atomic E-state index is 0.213. The summed E-state index contributed by atoms with van der Waals surface area (Å²) < 4.78 is 8.18. The first-order valence-corrected chi connectivity index (χ1v) is 11.9. The molecule has 0 fully saturated rings. The van der Waals surface area contributed by atoms with Gasteiger partial charge in [-0.05, 0) is 54.4 Å². The van der Waals surface area contributed by atoms with Gasteiger partial charge in [0.2, 0.25) is 0 Å². The zero-order chi connectivity index (χ0) is 23.4. The average molecular weight is 545 g/mol. The quantitative estimate of drug-likeness (QED) is 0.238. The van der Waals surface area contributed by atoms with E-state index in [2.05, 4.69) is 26.0 Å². The Morgan fingerprint density at radius 3 is 2.70 bits per heavy atom. The Balaban J connectivity index is 1.66. The van der Waals surface area contributed by atoms with Gasteiger partial charge in [0.25, 0.3) is 5.56 Å². The SMILES string of the molecule is CCCc1nc2ccc(Br)cc2c(=O)n1N=Cc1ccccc1OCc1ccc(Cl)c(Cl)c1. The van der Waals surface area contributed by atoms with E-state index in [1.54, 1.807) is 24.4 Å². The first-order chi connectivity index (χ1) is 16.0. The summed E-state index contributed by atoms with van der Waals surface area (Å²) in [5, 5.41) is 5.98. The van der Waals surface area contributed by atoms with Gasteiger partial charge in [-0.2, -0.15) is 9.78 Å². The van der Waals surface area contributed by atoms with Crippen LogP contribution in [0.2, 0.25) is 10.0 Å². The standard InChI is InChI=1S/C25H20BrCl2N3O2/c1-2-5-24-30-22-11-9-18(26)13-19(22)25(32)31(24)29-14-17-6-3-4-7-23(17)33-15-16-8-10-20(27)21(28)12-16/h3-4,6-14H,2,5,15H2,1H3. The number of rotatable bonds is 7. The van der Waals surface area contributed by atoms with E-state index in [9.17, 15) is 4.79 Å². The lowest BCUT2D eigenvalue weighted by Crippen LogP contribution is -2.22. The third kappa shape index (κ3) is 5.46.